The summed E-state index contributed by atoms with van der Waals surface area (Å²) in [6, 6.07) is 11.3. The van der Waals surface area contributed by atoms with Crippen LogP contribution in [-0.4, -0.2) is 11.8 Å². The van der Waals surface area contributed by atoms with E-state index in [2.05, 4.69) is 17.8 Å². The highest BCUT2D eigenvalue weighted by Gasteiger charge is 2.13. The highest BCUT2D eigenvalue weighted by atomic mass is 16.3. The number of amides is 2. The van der Waals surface area contributed by atoms with Crippen LogP contribution in [0.4, 0.5) is 0 Å². The third-order valence-electron chi connectivity index (χ3n) is 4.63. The number of hydrazine groups is 1. The summed E-state index contributed by atoms with van der Waals surface area (Å²) >= 11 is 0. The van der Waals surface area contributed by atoms with Gasteiger partial charge in [0.05, 0.1) is 12.7 Å². The van der Waals surface area contributed by atoms with Crippen LogP contribution < -0.4 is 10.9 Å². The van der Waals surface area contributed by atoms with Crippen molar-refractivity contribution in [2.45, 2.75) is 33.6 Å². The van der Waals surface area contributed by atoms with Crippen molar-refractivity contribution >= 4 is 22.8 Å². The lowest BCUT2D eigenvalue weighted by Crippen LogP contribution is -2.42. The number of hydrogen-bond donors (Lipinski definition) is 2. The van der Waals surface area contributed by atoms with Crippen LogP contribution in [0.3, 0.4) is 0 Å². The zero-order valence-corrected chi connectivity index (χ0v) is 15.2. The van der Waals surface area contributed by atoms with Crippen molar-refractivity contribution in [2.24, 2.45) is 0 Å². The van der Waals surface area contributed by atoms with Crippen LogP contribution in [0.5, 0.6) is 0 Å². The summed E-state index contributed by atoms with van der Waals surface area (Å²) in [7, 11) is 0. The van der Waals surface area contributed by atoms with Gasteiger partial charge >= 0.3 is 0 Å². The molecule has 134 valence electrons. The van der Waals surface area contributed by atoms with E-state index in [1.54, 1.807) is 18.4 Å². The predicted octanol–water partition coefficient (Wildman–Crippen LogP) is 3.62. The number of furan rings is 1. The average molecular weight is 350 g/mol. The molecule has 0 saturated carbocycles. The minimum atomic E-state index is -0.343. The molecule has 3 rings (SSSR count). The third-order valence-corrected chi connectivity index (χ3v) is 4.63. The molecule has 1 heterocycles. The Labute approximate surface area is 152 Å². The van der Waals surface area contributed by atoms with Crippen LogP contribution >= 0.6 is 0 Å². The zero-order chi connectivity index (χ0) is 18.7. The number of carbonyl (C=O) groups excluding carboxylic acids is 2. The molecule has 2 N–H and O–H groups in total. The Morgan fingerprint density at radius 1 is 1.00 bits per heavy atom. The van der Waals surface area contributed by atoms with Gasteiger partial charge in [0.15, 0.2) is 0 Å². The number of carbonyl (C=O) groups is 2. The Morgan fingerprint density at radius 2 is 1.73 bits per heavy atom. The first-order valence-electron chi connectivity index (χ1n) is 8.64. The van der Waals surface area contributed by atoms with Gasteiger partial charge in [-0.1, -0.05) is 31.2 Å². The van der Waals surface area contributed by atoms with E-state index in [4.69, 9.17) is 4.42 Å². The second-order valence-corrected chi connectivity index (χ2v) is 6.37. The van der Waals surface area contributed by atoms with Crippen molar-refractivity contribution in [2.75, 3.05) is 0 Å². The quantitative estimate of drug-likeness (QED) is 0.706. The first kappa shape index (κ1) is 17.7. The third kappa shape index (κ3) is 3.61. The van der Waals surface area contributed by atoms with Crippen LogP contribution in [-0.2, 0) is 17.6 Å². The van der Waals surface area contributed by atoms with Crippen LogP contribution in [0.25, 0.3) is 11.0 Å². The normalized spacial score (nSPS) is 10.7. The first-order valence-corrected chi connectivity index (χ1v) is 8.64. The summed E-state index contributed by atoms with van der Waals surface area (Å²) in [4.78, 5) is 24.3. The fourth-order valence-corrected chi connectivity index (χ4v) is 2.83. The predicted molar refractivity (Wildman–Crippen MR) is 101 cm³/mol. The number of aryl methyl sites for hydroxylation is 3. The maximum absolute atomic E-state index is 12.2. The molecular formula is C21H22N2O3. The Hall–Kier alpha value is -3.08. The lowest BCUT2D eigenvalue weighted by atomic mass is 10.0. The number of nitrogens with one attached hydrogen (secondary N) is 2. The number of fused-ring (bicyclic) bond motifs is 1. The van der Waals surface area contributed by atoms with E-state index in [1.165, 1.54) is 0 Å². The molecule has 1 aromatic heterocycles. The van der Waals surface area contributed by atoms with Gasteiger partial charge < -0.3 is 4.42 Å². The fraction of sp³-hybridized carbons (Fsp3) is 0.238. The topological polar surface area (TPSA) is 71.3 Å². The summed E-state index contributed by atoms with van der Waals surface area (Å²) in [6.45, 7) is 6.07. The van der Waals surface area contributed by atoms with Gasteiger partial charge in [0, 0.05) is 16.5 Å². The molecule has 5 nitrogen and oxygen atoms in total. The molecule has 0 saturated heterocycles. The number of hydrogen-bond acceptors (Lipinski definition) is 3. The van der Waals surface area contributed by atoms with Gasteiger partial charge in [0.2, 0.25) is 5.91 Å². The summed E-state index contributed by atoms with van der Waals surface area (Å²) in [5.41, 5.74) is 10.4. The SMILES string of the molecule is CCc1ccc(C(=O)NNC(=O)Cc2coc3c(C)c(C)ccc23)cc1. The molecule has 0 atom stereocenters. The van der Waals surface area contributed by atoms with Crippen LogP contribution in [0.15, 0.2) is 47.1 Å². The second-order valence-electron chi connectivity index (χ2n) is 6.37. The Balaban J connectivity index is 1.62. The van der Waals surface area contributed by atoms with Crippen molar-refractivity contribution < 1.29 is 14.0 Å². The maximum Gasteiger partial charge on any atom is 0.269 e. The molecule has 0 aliphatic carbocycles. The van der Waals surface area contributed by atoms with Gasteiger partial charge in [-0.05, 0) is 49.1 Å². The van der Waals surface area contributed by atoms with E-state index in [0.29, 0.717) is 5.56 Å². The van der Waals surface area contributed by atoms with E-state index < -0.39 is 0 Å². The first-order chi connectivity index (χ1) is 12.5. The van der Waals surface area contributed by atoms with Gasteiger partial charge in [-0.25, -0.2) is 0 Å². The summed E-state index contributed by atoms with van der Waals surface area (Å²) in [6.07, 6.45) is 2.64. The van der Waals surface area contributed by atoms with Gasteiger partial charge in [-0.2, -0.15) is 0 Å². The number of benzene rings is 2. The molecule has 3 aromatic rings. The summed E-state index contributed by atoms with van der Waals surface area (Å²) in [5.74, 6) is -0.644. The number of rotatable bonds is 4. The molecular weight excluding hydrogens is 328 g/mol. The molecule has 2 aromatic carbocycles. The van der Waals surface area contributed by atoms with E-state index in [1.807, 2.05) is 38.1 Å². The van der Waals surface area contributed by atoms with Crippen molar-refractivity contribution in [3.8, 4) is 0 Å². The minimum absolute atomic E-state index is 0.130. The van der Waals surface area contributed by atoms with Crippen LogP contribution in [0, 0.1) is 13.8 Å². The Bertz CT molecular complexity index is 955. The molecule has 5 heteroatoms. The van der Waals surface area contributed by atoms with E-state index in [9.17, 15) is 9.59 Å². The van der Waals surface area contributed by atoms with Gasteiger partial charge in [0.25, 0.3) is 5.91 Å². The maximum atomic E-state index is 12.2. The molecule has 0 radical (unpaired) electrons. The van der Waals surface area contributed by atoms with Crippen LogP contribution in [0.2, 0.25) is 0 Å². The van der Waals surface area contributed by atoms with E-state index >= 15 is 0 Å². The molecule has 0 aliphatic rings. The van der Waals surface area contributed by atoms with Crippen molar-refractivity contribution in [3.05, 3.63) is 70.5 Å². The fourth-order valence-electron chi connectivity index (χ4n) is 2.83. The highest BCUT2D eigenvalue weighted by Crippen LogP contribution is 2.26. The minimum Gasteiger partial charge on any atom is -0.464 e. The van der Waals surface area contributed by atoms with Gasteiger partial charge in [-0.3, -0.25) is 20.4 Å². The molecule has 26 heavy (non-hydrogen) atoms. The monoisotopic (exact) mass is 350 g/mol. The zero-order valence-electron chi connectivity index (χ0n) is 15.2. The largest absolute Gasteiger partial charge is 0.464 e. The Kier molecular flexibility index (Phi) is 5.07. The summed E-state index contributed by atoms with van der Waals surface area (Å²) < 4.78 is 5.61. The molecule has 0 unspecified atom stereocenters. The molecule has 2 amide bonds. The van der Waals surface area contributed by atoms with Crippen molar-refractivity contribution in [3.63, 3.8) is 0 Å². The van der Waals surface area contributed by atoms with Gasteiger partial charge in [0.1, 0.15) is 5.58 Å². The Morgan fingerprint density at radius 3 is 2.42 bits per heavy atom. The summed E-state index contributed by atoms with van der Waals surface area (Å²) in [5, 5.41) is 0.921. The smallest absolute Gasteiger partial charge is 0.269 e. The standard InChI is InChI=1S/C21H22N2O3/c1-4-15-6-8-16(9-7-15)21(25)23-22-19(24)11-17-12-26-20-14(3)13(2)5-10-18(17)20/h5-10,12H,4,11H2,1-3H3,(H,22,24)(H,23,25). The van der Waals surface area contributed by atoms with Gasteiger partial charge in [-0.15, -0.1) is 0 Å². The molecule has 0 fully saturated rings. The second kappa shape index (κ2) is 7.44. The average Bonchev–Trinajstić information content (AvgIpc) is 3.06. The van der Waals surface area contributed by atoms with Crippen molar-refractivity contribution in [1.29, 1.82) is 0 Å². The van der Waals surface area contributed by atoms with Crippen molar-refractivity contribution in [1.82, 2.24) is 10.9 Å². The molecule has 0 aliphatic heterocycles. The molecule has 0 bridgehead atoms. The lowest BCUT2D eigenvalue weighted by molar-refractivity contribution is -0.121. The van der Waals surface area contributed by atoms with E-state index in [-0.39, 0.29) is 18.2 Å². The lowest BCUT2D eigenvalue weighted by Gasteiger charge is -2.07. The highest BCUT2D eigenvalue weighted by molar-refractivity contribution is 5.96. The molecule has 0 spiro atoms. The van der Waals surface area contributed by atoms with E-state index in [0.717, 1.165) is 39.6 Å². The van der Waals surface area contributed by atoms with Crippen LogP contribution in [0.1, 0.15) is 39.5 Å².